The monoisotopic (exact) mass is 491 g/mol. The first-order chi connectivity index (χ1) is 16.4. The average molecular weight is 492 g/mol. The molecule has 3 atom stereocenters. The third-order valence-electron chi connectivity index (χ3n) is 5.80. The Morgan fingerprint density at radius 3 is 2.34 bits per heavy atom. The Bertz CT molecular complexity index is 891. The maximum atomic E-state index is 13.3. The average Bonchev–Trinajstić information content (AvgIpc) is 2.76. The van der Waals surface area contributed by atoms with Crippen molar-refractivity contribution in [3.8, 4) is 5.75 Å². The van der Waals surface area contributed by atoms with Crippen molar-refractivity contribution in [2.45, 2.75) is 65.8 Å². The lowest BCUT2D eigenvalue weighted by atomic mass is 10.0. The van der Waals surface area contributed by atoms with E-state index in [1.807, 2.05) is 41.5 Å². The third-order valence-corrected chi connectivity index (χ3v) is 5.80. The second kappa shape index (κ2) is 12.6. The van der Waals surface area contributed by atoms with Gasteiger partial charge in [-0.1, -0.05) is 6.92 Å². The molecule has 1 aromatic rings. The molecule has 2 rings (SSSR count). The number of hydrogen-bond acceptors (Lipinski definition) is 5. The number of urea groups is 2. The van der Waals surface area contributed by atoms with Gasteiger partial charge in [0.15, 0.2) is 0 Å². The molecule has 0 radical (unpaired) electrons. The van der Waals surface area contributed by atoms with Crippen LogP contribution in [0.15, 0.2) is 18.2 Å². The Hall–Kier alpha value is -3.01. The minimum Gasteiger partial charge on any atom is -0.491 e. The van der Waals surface area contributed by atoms with Gasteiger partial charge >= 0.3 is 12.1 Å². The van der Waals surface area contributed by atoms with Crippen molar-refractivity contribution in [2.75, 3.05) is 39.2 Å². The summed E-state index contributed by atoms with van der Waals surface area (Å²) in [5.41, 5.74) is 0.866. The molecule has 0 fully saturated rings. The molecule has 10 heteroatoms. The molecule has 0 aromatic heterocycles. The molecule has 0 saturated carbocycles. The van der Waals surface area contributed by atoms with Crippen molar-refractivity contribution in [1.82, 2.24) is 20.4 Å². The van der Waals surface area contributed by atoms with E-state index in [2.05, 4.69) is 16.0 Å². The van der Waals surface area contributed by atoms with E-state index in [0.29, 0.717) is 30.1 Å². The number of anilines is 1. The van der Waals surface area contributed by atoms with E-state index < -0.39 is 0 Å². The lowest BCUT2D eigenvalue weighted by molar-refractivity contribution is 0.0165. The number of hydrogen-bond donors (Lipinski definition) is 3. The third kappa shape index (κ3) is 8.02. The van der Waals surface area contributed by atoms with Crippen LogP contribution in [0.4, 0.5) is 15.3 Å². The number of nitrogens with zero attached hydrogens (tertiary/aromatic N) is 2. The fraction of sp³-hybridized carbons (Fsp3) is 0.640. The number of methoxy groups -OCH3 is 1. The fourth-order valence-electron chi connectivity index (χ4n) is 3.89. The molecule has 0 saturated heterocycles. The summed E-state index contributed by atoms with van der Waals surface area (Å²) in [4.78, 5) is 41.8. The molecule has 35 heavy (non-hydrogen) atoms. The number of rotatable bonds is 4. The molecule has 0 unspecified atom stereocenters. The van der Waals surface area contributed by atoms with Crippen LogP contribution in [0.1, 0.15) is 51.9 Å². The van der Waals surface area contributed by atoms with Crippen LogP contribution in [0.5, 0.6) is 5.75 Å². The largest absolute Gasteiger partial charge is 0.491 e. The number of likely N-dealkylation sites (N-methyl/N-ethyl adjacent to an activating group) is 1. The first-order valence-electron chi connectivity index (χ1n) is 12.1. The molecule has 0 bridgehead atoms. The number of ether oxygens (including phenoxy) is 2. The van der Waals surface area contributed by atoms with E-state index in [-0.39, 0.29) is 54.7 Å². The summed E-state index contributed by atoms with van der Waals surface area (Å²) < 4.78 is 11.8. The van der Waals surface area contributed by atoms with Crippen molar-refractivity contribution in [3.05, 3.63) is 23.8 Å². The van der Waals surface area contributed by atoms with Crippen LogP contribution in [0.3, 0.4) is 0 Å². The molecule has 10 nitrogen and oxygen atoms in total. The van der Waals surface area contributed by atoms with Gasteiger partial charge in [-0.25, -0.2) is 9.59 Å². The number of carbonyl (C=O) groups is 3. The molecule has 1 aromatic carbocycles. The summed E-state index contributed by atoms with van der Waals surface area (Å²) in [6.45, 7) is 12.4. The fourth-order valence-corrected chi connectivity index (χ4v) is 3.89. The van der Waals surface area contributed by atoms with E-state index in [9.17, 15) is 14.4 Å². The van der Waals surface area contributed by atoms with Gasteiger partial charge in [0.1, 0.15) is 12.4 Å². The summed E-state index contributed by atoms with van der Waals surface area (Å²) in [7, 11) is 3.33. The van der Waals surface area contributed by atoms with E-state index in [1.165, 1.54) is 0 Å². The summed E-state index contributed by atoms with van der Waals surface area (Å²) in [5, 5.41) is 8.50. The number of nitrogens with one attached hydrogen (secondary N) is 3. The van der Waals surface area contributed by atoms with Gasteiger partial charge in [-0.3, -0.25) is 4.79 Å². The molecule has 1 aliphatic rings. The van der Waals surface area contributed by atoms with Crippen LogP contribution in [-0.4, -0.2) is 85.9 Å². The lowest BCUT2D eigenvalue weighted by Gasteiger charge is -2.36. The van der Waals surface area contributed by atoms with Gasteiger partial charge in [-0.2, -0.15) is 0 Å². The standard InChI is InChI=1S/C25H41N5O5/c1-15(2)26-24(32)28-19-9-10-20-21(11-19)35-14-18(6)30(25(33)27-16(3)4)12-17(5)22(34-8)13-29(7)23(20)31/h9-11,15-18,22H,12-14H2,1-8H3,(H,27,33)(H2,26,28,32)/t17-,18+,22-/m1/s1. The zero-order chi connectivity index (χ0) is 26.3. The summed E-state index contributed by atoms with van der Waals surface area (Å²) in [5.74, 6) is 0.0958. The van der Waals surface area contributed by atoms with Crippen LogP contribution in [0, 0.1) is 5.92 Å². The highest BCUT2D eigenvalue weighted by molar-refractivity contribution is 5.98. The van der Waals surface area contributed by atoms with Crippen LogP contribution < -0.4 is 20.7 Å². The Morgan fingerprint density at radius 2 is 1.74 bits per heavy atom. The first-order valence-corrected chi connectivity index (χ1v) is 12.1. The SMILES string of the molecule is CO[C@@H]1CN(C)C(=O)c2ccc(NC(=O)NC(C)C)cc2OC[C@H](C)N(C(=O)NC(C)C)C[C@H]1C. The van der Waals surface area contributed by atoms with Crippen molar-refractivity contribution in [2.24, 2.45) is 5.92 Å². The van der Waals surface area contributed by atoms with Crippen molar-refractivity contribution in [3.63, 3.8) is 0 Å². The minimum absolute atomic E-state index is 0.0133. The van der Waals surface area contributed by atoms with Crippen molar-refractivity contribution >= 4 is 23.7 Å². The molecule has 0 aliphatic carbocycles. The Kier molecular flexibility index (Phi) is 10.2. The van der Waals surface area contributed by atoms with Gasteiger partial charge in [-0.15, -0.1) is 0 Å². The minimum atomic E-state index is -0.349. The zero-order valence-corrected chi connectivity index (χ0v) is 22.2. The molecular weight excluding hydrogens is 450 g/mol. The lowest BCUT2D eigenvalue weighted by Crippen LogP contribution is -2.52. The molecule has 3 N–H and O–H groups in total. The highest BCUT2D eigenvalue weighted by atomic mass is 16.5. The molecule has 196 valence electrons. The quantitative estimate of drug-likeness (QED) is 0.599. The molecule has 1 aliphatic heterocycles. The van der Waals surface area contributed by atoms with Gasteiger partial charge in [0.2, 0.25) is 0 Å². The number of carbonyl (C=O) groups excluding carboxylic acids is 3. The second-order valence-corrected chi connectivity index (χ2v) is 9.82. The molecule has 5 amide bonds. The van der Waals surface area contributed by atoms with Crippen LogP contribution in [0.2, 0.25) is 0 Å². The number of benzene rings is 1. The van der Waals surface area contributed by atoms with E-state index in [0.717, 1.165) is 0 Å². The molecule has 1 heterocycles. The molecular formula is C25H41N5O5. The van der Waals surface area contributed by atoms with Gasteiger partial charge < -0.3 is 35.2 Å². The van der Waals surface area contributed by atoms with Gasteiger partial charge in [-0.05, 0) is 46.8 Å². The van der Waals surface area contributed by atoms with Crippen LogP contribution in [0.25, 0.3) is 0 Å². The van der Waals surface area contributed by atoms with Crippen LogP contribution in [-0.2, 0) is 4.74 Å². The summed E-state index contributed by atoms with van der Waals surface area (Å²) in [6.07, 6.45) is -0.269. The van der Waals surface area contributed by atoms with Crippen molar-refractivity contribution in [1.29, 1.82) is 0 Å². The number of fused-ring (bicyclic) bond motifs is 1. The number of amides is 5. The highest BCUT2D eigenvalue weighted by Gasteiger charge is 2.30. The predicted octanol–water partition coefficient (Wildman–Crippen LogP) is 3.14. The first kappa shape index (κ1) is 28.2. The second-order valence-electron chi connectivity index (χ2n) is 9.82. The smallest absolute Gasteiger partial charge is 0.319 e. The summed E-state index contributed by atoms with van der Waals surface area (Å²) in [6, 6.07) is 4.10. The molecule has 0 spiro atoms. The Morgan fingerprint density at radius 1 is 1.09 bits per heavy atom. The van der Waals surface area contributed by atoms with Gasteiger partial charge in [0.05, 0.1) is 17.7 Å². The normalized spacial score (nSPS) is 21.5. The van der Waals surface area contributed by atoms with Crippen LogP contribution >= 0.6 is 0 Å². The van der Waals surface area contributed by atoms with Gasteiger partial charge in [0, 0.05) is 57.0 Å². The Balaban J connectivity index is 2.42. The van der Waals surface area contributed by atoms with E-state index in [4.69, 9.17) is 9.47 Å². The summed E-state index contributed by atoms with van der Waals surface area (Å²) >= 11 is 0. The Labute approximate surface area is 208 Å². The van der Waals surface area contributed by atoms with E-state index >= 15 is 0 Å². The van der Waals surface area contributed by atoms with Gasteiger partial charge in [0.25, 0.3) is 5.91 Å². The maximum Gasteiger partial charge on any atom is 0.319 e. The maximum absolute atomic E-state index is 13.3. The van der Waals surface area contributed by atoms with Crippen molar-refractivity contribution < 1.29 is 23.9 Å². The van der Waals surface area contributed by atoms with E-state index in [1.54, 1.807) is 42.2 Å². The topological polar surface area (TPSA) is 112 Å². The zero-order valence-electron chi connectivity index (χ0n) is 22.2. The predicted molar refractivity (Wildman–Crippen MR) is 136 cm³/mol. The highest BCUT2D eigenvalue weighted by Crippen LogP contribution is 2.27.